The Labute approximate surface area is 113 Å². The molecule has 3 N–H and O–H groups in total. The largest absolute Gasteiger partial charge is 0.330 e. The molecule has 100 valence electrons. The zero-order chi connectivity index (χ0) is 13.7. The van der Waals surface area contributed by atoms with Crippen molar-refractivity contribution in [2.45, 2.75) is 19.8 Å². The maximum Gasteiger partial charge on any atom is 0.228 e. The van der Waals surface area contributed by atoms with Crippen LogP contribution in [-0.2, 0) is 4.79 Å². The Morgan fingerprint density at radius 2 is 2.21 bits per heavy atom. The van der Waals surface area contributed by atoms with Crippen molar-refractivity contribution < 1.29 is 4.79 Å². The zero-order valence-electron chi connectivity index (χ0n) is 11.1. The van der Waals surface area contributed by atoms with E-state index in [1.54, 1.807) is 6.20 Å². The van der Waals surface area contributed by atoms with E-state index < -0.39 is 0 Å². The Morgan fingerprint density at radius 1 is 1.37 bits per heavy atom. The van der Waals surface area contributed by atoms with Crippen LogP contribution in [0.3, 0.4) is 0 Å². The molecule has 1 atom stereocenters. The molecule has 0 spiro atoms. The van der Waals surface area contributed by atoms with Crippen LogP contribution in [0.1, 0.15) is 19.8 Å². The number of nitrogens with one attached hydrogen (secondary N) is 1. The number of rotatable bonds is 5. The van der Waals surface area contributed by atoms with E-state index in [9.17, 15) is 4.79 Å². The highest BCUT2D eigenvalue weighted by Gasteiger charge is 2.16. The van der Waals surface area contributed by atoms with Crippen LogP contribution in [0.25, 0.3) is 10.9 Å². The molecule has 1 heterocycles. The zero-order valence-corrected chi connectivity index (χ0v) is 11.1. The van der Waals surface area contributed by atoms with Crippen LogP contribution in [-0.4, -0.2) is 17.4 Å². The van der Waals surface area contributed by atoms with Gasteiger partial charge in [0.05, 0.1) is 17.1 Å². The van der Waals surface area contributed by atoms with E-state index in [0.29, 0.717) is 6.54 Å². The van der Waals surface area contributed by atoms with Crippen molar-refractivity contribution in [3.63, 3.8) is 0 Å². The first-order valence-corrected chi connectivity index (χ1v) is 6.61. The number of nitrogens with two attached hydrogens (primary N) is 1. The second-order valence-electron chi connectivity index (χ2n) is 4.59. The molecule has 1 aromatic heterocycles. The summed E-state index contributed by atoms with van der Waals surface area (Å²) in [5.74, 6) is -0.141. The third-order valence-electron chi connectivity index (χ3n) is 3.20. The highest BCUT2D eigenvalue weighted by molar-refractivity contribution is 6.01. The van der Waals surface area contributed by atoms with Gasteiger partial charge in [-0.1, -0.05) is 19.4 Å². The summed E-state index contributed by atoms with van der Waals surface area (Å²) in [5.41, 5.74) is 7.32. The number of amides is 1. The Bertz CT molecular complexity index is 563. The van der Waals surface area contributed by atoms with E-state index in [0.717, 1.165) is 29.4 Å². The molecule has 0 bridgehead atoms. The van der Waals surface area contributed by atoms with Gasteiger partial charge in [0.1, 0.15) is 0 Å². The molecule has 0 radical (unpaired) electrons. The monoisotopic (exact) mass is 257 g/mol. The van der Waals surface area contributed by atoms with Crippen LogP contribution in [0.2, 0.25) is 0 Å². The van der Waals surface area contributed by atoms with E-state index in [1.165, 1.54) is 0 Å². The van der Waals surface area contributed by atoms with Crippen LogP contribution >= 0.6 is 0 Å². The van der Waals surface area contributed by atoms with E-state index in [4.69, 9.17) is 5.73 Å². The molecule has 1 unspecified atom stereocenters. The van der Waals surface area contributed by atoms with Gasteiger partial charge < -0.3 is 11.1 Å². The first-order valence-electron chi connectivity index (χ1n) is 6.61. The molecular formula is C15H19N3O. The Balaban J connectivity index is 2.23. The van der Waals surface area contributed by atoms with Gasteiger partial charge in [0.2, 0.25) is 5.91 Å². The number of benzene rings is 1. The summed E-state index contributed by atoms with van der Waals surface area (Å²) in [6.07, 6.45) is 3.51. The van der Waals surface area contributed by atoms with Crippen molar-refractivity contribution in [2.75, 3.05) is 11.9 Å². The normalized spacial score (nSPS) is 12.3. The van der Waals surface area contributed by atoms with Crippen LogP contribution in [0, 0.1) is 5.92 Å². The summed E-state index contributed by atoms with van der Waals surface area (Å²) in [6, 6.07) is 9.53. The highest BCUT2D eigenvalue weighted by Crippen LogP contribution is 2.22. The molecule has 19 heavy (non-hydrogen) atoms. The van der Waals surface area contributed by atoms with Gasteiger partial charge in [0, 0.05) is 18.1 Å². The molecular weight excluding hydrogens is 238 g/mol. The molecule has 0 aliphatic carbocycles. The van der Waals surface area contributed by atoms with Crippen molar-refractivity contribution in [3.8, 4) is 0 Å². The lowest BCUT2D eigenvalue weighted by Gasteiger charge is -2.15. The molecule has 0 aliphatic rings. The van der Waals surface area contributed by atoms with Crippen molar-refractivity contribution in [1.29, 1.82) is 0 Å². The first kappa shape index (κ1) is 13.5. The van der Waals surface area contributed by atoms with Gasteiger partial charge in [-0.25, -0.2) is 0 Å². The molecule has 4 nitrogen and oxygen atoms in total. The molecule has 1 amide bonds. The van der Waals surface area contributed by atoms with Crippen molar-refractivity contribution in [2.24, 2.45) is 11.7 Å². The van der Waals surface area contributed by atoms with Gasteiger partial charge in [-0.05, 0) is 30.7 Å². The minimum absolute atomic E-state index is 0.0132. The van der Waals surface area contributed by atoms with Crippen molar-refractivity contribution >= 4 is 22.5 Å². The lowest BCUT2D eigenvalue weighted by molar-refractivity contribution is -0.119. The Kier molecular flexibility index (Phi) is 4.47. The number of carbonyl (C=O) groups is 1. The molecule has 0 saturated heterocycles. The Morgan fingerprint density at radius 3 is 2.95 bits per heavy atom. The summed E-state index contributed by atoms with van der Waals surface area (Å²) in [4.78, 5) is 16.4. The van der Waals surface area contributed by atoms with Crippen molar-refractivity contribution in [1.82, 2.24) is 4.98 Å². The summed E-state index contributed by atoms with van der Waals surface area (Å²) in [5, 5.41) is 3.91. The minimum atomic E-state index is -0.128. The number of anilines is 1. The fourth-order valence-corrected chi connectivity index (χ4v) is 2.15. The van der Waals surface area contributed by atoms with Gasteiger partial charge in [-0.3, -0.25) is 9.78 Å². The van der Waals surface area contributed by atoms with Crippen LogP contribution < -0.4 is 11.1 Å². The van der Waals surface area contributed by atoms with Crippen molar-refractivity contribution in [3.05, 3.63) is 36.5 Å². The molecule has 0 fully saturated rings. The third kappa shape index (κ3) is 3.09. The predicted octanol–water partition coefficient (Wildman–Crippen LogP) is 2.55. The molecule has 0 saturated carbocycles. The second-order valence-corrected chi connectivity index (χ2v) is 4.59. The van der Waals surface area contributed by atoms with Crippen LogP contribution in [0.5, 0.6) is 0 Å². The molecule has 1 aromatic carbocycles. The molecule has 4 heteroatoms. The summed E-state index contributed by atoms with van der Waals surface area (Å²) >= 11 is 0. The third-order valence-corrected chi connectivity index (χ3v) is 3.20. The maximum absolute atomic E-state index is 12.2. The average Bonchev–Trinajstić information content (AvgIpc) is 2.45. The predicted molar refractivity (Wildman–Crippen MR) is 77.8 cm³/mol. The van der Waals surface area contributed by atoms with E-state index in [-0.39, 0.29) is 11.8 Å². The van der Waals surface area contributed by atoms with E-state index in [2.05, 4.69) is 17.2 Å². The quantitative estimate of drug-likeness (QED) is 0.865. The minimum Gasteiger partial charge on any atom is -0.330 e. The van der Waals surface area contributed by atoms with E-state index in [1.807, 2.05) is 30.3 Å². The van der Waals surface area contributed by atoms with Gasteiger partial charge in [-0.2, -0.15) is 0 Å². The van der Waals surface area contributed by atoms with E-state index >= 15 is 0 Å². The van der Waals surface area contributed by atoms with Gasteiger partial charge in [0.25, 0.3) is 0 Å². The summed E-state index contributed by atoms with van der Waals surface area (Å²) < 4.78 is 0. The number of hydrogen-bond donors (Lipinski definition) is 2. The topological polar surface area (TPSA) is 68.0 Å². The lowest BCUT2D eigenvalue weighted by Crippen LogP contribution is -2.29. The molecule has 0 aliphatic heterocycles. The highest BCUT2D eigenvalue weighted by atomic mass is 16.1. The average molecular weight is 257 g/mol. The number of fused-ring (bicyclic) bond motifs is 1. The van der Waals surface area contributed by atoms with Gasteiger partial charge in [-0.15, -0.1) is 0 Å². The lowest BCUT2D eigenvalue weighted by atomic mass is 10.0. The molecule has 2 aromatic rings. The fourth-order valence-electron chi connectivity index (χ4n) is 2.15. The standard InChI is InChI=1S/C15H19N3O/c1-2-5-11(10-16)15(19)18-14-8-3-7-13-12(14)6-4-9-17-13/h3-4,6-9,11H,2,5,10,16H2,1H3,(H,18,19). The summed E-state index contributed by atoms with van der Waals surface area (Å²) in [7, 11) is 0. The molecule has 2 rings (SSSR count). The summed E-state index contributed by atoms with van der Waals surface area (Å²) in [6.45, 7) is 2.43. The van der Waals surface area contributed by atoms with Crippen LogP contribution in [0.15, 0.2) is 36.5 Å². The SMILES string of the molecule is CCCC(CN)C(=O)Nc1cccc2ncccc12. The number of pyridine rings is 1. The first-order chi connectivity index (χ1) is 9.26. The smallest absolute Gasteiger partial charge is 0.228 e. The van der Waals surface area contributed by atoms with Crippen LogP contribution in [0.4, 0.5) is 5.69 Å². The Hall–Kier alpha value is -1.94. The van der Waals surface area contributed by atoms with Gasteiger partial charge >= 0.3 is 0 Å². The number of carbonyl (C=O) groups excluding carboxylic acids is 1. The number of hydrogen-bond acceptors (Lipinski definition) is 3. The van der Waals surface area contributed by atoms with Gasteiger partial charge in [0.15, 0.2) is 0 Å². The number of nitrogens with zero attached hydrogens (tertiary/aromatic N) is 1. The fraction of sp³-hybridized carbons (Fsp3) is 0.333. The maximum atomic E-state index is 12.2. The second kappa shape index (κ2) is 6.29. The number of aromatic nitrogens is 1.